The van der Waals surface area contributed by atoms with E-state index in [2.05, 4.69) is 6.58 Å². The van der Waals surface area contributed by atoms with Crippen LogP contribution in [0.5, 0.6) is 5.75 Å². The molecule has 1 aromatic rings. The molecule has 0 aromatic heterocycles. The van der Waals surface area contributed by atoms with Crippen LogP contribution in [0.4, 0.5) is 0 Å². The van der Waals surface area contributed by atoms with Crippen molar-refractivity contribution in [1.82, 2.24) is 0 Å². The molecule has 0 unspecified atom stereocenters. The lowest BCUT2D eigenvalue weighted by Gasteiger charge is -2.07. The molecule has 0 radical (unpaired) electrons. The van der Waals surface area contributed by atoms with E-state index in [1.807, 2.05) is 18.2 Å². The summed E-state index contributed by atoms with van der Waals surface area (Å²) in [6.45, 7) is 4.87. The fourth-order valence-corrected chi connectivity index (χ4v) is 2.21. The molecule has 0 heterocycles. The molecular formula is C22H22O6. The summed E-state index contributed by atoms with van der Waals surface area (Å²) in [4.78, 5) is 35.0. The van der Waals surface area contributed by atoms with Crippen LogP contribution in [0, 0.1) is 0 Å². The molecule has 0 spiro atoms. The standard InChI is InChI=1S/C22H22O6/c1-16(2)21(24)26-14-15-27-22(25)18-9-11-19(12-10-18)28-20(23)13-8-17-6-4-3-5-7-17/h4,6-13H,1,3,5,14-15H2,2H3/b13-8+. The first-order valence-electron chi connectivity index (χ1n) is 8.82. The first-order chi connectivity index (χ1) is 13.5. The van der Waals surface area contributed by atoms with Gasteiger partial charge in [-0.05, 0) is 55.7 Å². The zero-order chi connectivity index (χ0) is 20.4. The fourth-order valence-electron chi connectivity index (χ4n) is 2.21. The molecule has 0 atom stereocenters. The van der Waals surface area contributed by atoms with Crippen LogP contribution in [0.1, 0.15) is 30.1 Å². The van der Waals surface area contributed by atoms with Crippen molar-refractivity contribution in [2.24, 2.45) is 0 Å². The van der Waals surface area contributed by atoms with E-state index in [9.17, 15) is 14.4 Å². The number of hydrogen-bond donors (Lipinski definition) is 0. The van der Waals surface area contributed by atoms with Crippen molar-refractivity contribution < 1.29 is 28.6 Å². The number of hydrogen-bond acceptors (Lipinski definition) is 6. The quantitative estimate of drug-likeness (QED) is 0.295. The summed E-state index contributed by atoms with van der Waals surface area (Å²) >= 11 is 0. The fraction of sp³-hybridized carbons (Fsp3) is 0.227. The minimum atomic E-state index is -0.569. The van der Waals surface area contributed by atoms with Gasteiger partial charge in [-0.15, -0.1) is 0 Å². The van der Waals surface area contributed by atoms with Crippen LogP contribution in [-0.2, 0) is 19.1 Å². The second-order valence-corrected chi connectivity index (χ2v) is 6.01. The number of carbonyl (C=O) groups is 3. The van der Waals surface area contributed by atoms with Gasteiger partial charge >= 0.3 is 17.9 Å². The average Bonchev–Trinajstić information content (AvgIpc) is 2.70. The van der Waals surface area contributed by atoms with Crippen LogP contribution in [0.15, 0.2) is 72.4 Å². The summed E-state index contributed by atoms with van der Waals surface area (Å²) in [6, 6.07) is 5.98. The van der Waals surface area contributed by atoms with Crippen LogP contribution in [0.25, 0.3) is 0 Å². The average molecular weight is 382 g/mol. The minimum absolute atomic E-state index is 0.0505. The Bertz CT molecular complexity index is 827. The van der Waals surface area contributed by atoms with E-state index in [0.29, 0.717) is 11.3 Å². The van der Waals surface area contributed by atoms with E-state index < -0.39 is 17.9 Å². The molecule has 2 rings (SSSR count). The molecule has 0 amide bonds. The Morgan fingerprint density at radius 2 is 1.79 bits per heavy atom. The van der Waals surface area contributed by atoms with Gasteiger partial charge in [0, 0.05) is 11.6 Å². The first kappa shape index (κ1) is 20.9. The molecule has 1 aliphatic rings. The number of rotatable bonds is 8. The van der Waals surface area contributed by atoms with Crippen molar-refractivity contribution in [3.8, 4) is 5.75 Å². The van der Waals surface area contributed by atoms with Gasteiger partial charge < -0.3 is 14.2 Å². The highest BCUT2D eigenvalue weighted by molar-refractivity contribution is 5.90. The summed E-state index contributed by atoms with van der Waals surface area (Å²) in [5.41, 5.74) is 1.53. The van der Waals surface area contributed by atoms with Crippen molar-refractivity contribution in [3.05, 3.63) is 77.9 Å². The van der Waals surface area contributed by atoms with Gasteiger partial charge in [-0.3, -0.25) is 0 Å². The van der Waals surface area contributed by atoms with Gasteiger partial charge in [0.25, 0.3) is 0 Å². The number of benzene rings is 1. The van der Waals surface area contributed by atoms with Crippen LogP contribution in [-0.4, -0.2) is 31.1 Å². The predicted octanol–water partition coefficient (Wildman–Crippen LogP) is 3.70. The van der Waals surface area contributed by atoms with Gasteiger partial charge in [-0.25, -0.2) is 14.4 Å². The Kier molecular flexibility index (Phi) is 7.96. The van der Waals surface area contributed by atoms with Crippen molar-refractivity contribution in [1.29, 1.82) is 0 Å². The van der Waals surface area contributed by atoms with Crippen molar-refractivity contribution >= 4 is 17.9 Å². The van der Waals surface area contributed by atoms with Crippen LogP contribution in [0.2, 0.25) is 0 Å². The number of esters is 3. The van der Waals surface area contributed by atoms with Gasteiger partial charge in [0.2, 0.25) is 0 Å². The lowest BCUT2D eigenvalue weighted by atomic mass is 10.1. The molecule has 0 saturated heterocycles. The maximum absolute atomic E-state index is 11.9. The van der Waals surface area contributed by atoms with Gasteiger partial charge in [0.1, 0.15) is 19.0 Å². The monoisotopic (exact) mass is 382 g/mol. The van der Waals surface area contributed by atoms with Crippen LogP contribution in [0.3, 0.4) is 0 Å². The summed E-state index contributed by atoms with van der Waals surface area (Å²) in [7, 11) is 0. The highest BCUT2D eigenvalue weighted by atomic mass is 16.6. The largest absolute Gasteiger partial charge is 0.459 e. The summed E-state index contributed by atoms with van der Waals surface area (Å²) in [5, 5.41) is 0. The van der Waals surface area contributed by atoms with Crippen molar-refractivity contribution in [3.63, 3.8) is 0 Å². The molecule has 0 bridgehead atoms. The Hall–Kier alpha value is -3.41. The maximum atomic E-state index is 11.9. The SMILES string of the molecule is C=C(C)C(=O)OCCOC(=O)c1ccc(OC(=O)/C=C/C2=CCCC=C2)cc1. The Morgan fingerprint density at radius 1 is 1.07 bits per heavy atom. The topological polar surface area (TPSA) is 78.9 Å². The smallest absolute Gasteiger partial charge is 0.338 e. The highest BCUT2D eigenvalue weighted by Gasteiger charge is 2.09. The van der Waals surface area contributed by atoms with E-state index in [1.54, 1.807) is 6.08 Å². The van der Waals surface area contributed by atoms with E-state index in [-0.39, 0.29) is 18.8 Å². The normalized spacial score (nSPS) is 13.0. The Balaban J connectivity index is 1.78. The zero-order valence-electron chi connectivity index (χ0n) is 15.7. The van der Waals surface area contributed by atoms with E-state index in [4.69, 9.17) is 14.2 Å². The Labute approximate surface area is 163 Å². The third kappa shape index (κ3) is 7.07. The summed E-state index contributed by atoms with van der Waals surface area (Å²) in [5.74, 6) is -1.29. The molecule has 1 aromatic carbocycles. The lowest BCUT2D eigenvalue weighted by Crippen LogP contribution is -2.14. The maximum Gasteiger partial charge on any atom is 0.338 e. The minimum Gasteiger partial charge on any atom is -0.459 e. The van der Waals surface area contributed by atoms with Crippen LogP contribution >= 0.6 is 0 Å². The molecule has 0 fully saturated rings. The van der Waals surface area contributed by atoms with Crippen LogP contribution < -0.4 is 4.74 Å². The highest BCUT2D eigenvalue weighted by Crippen LogP contribution is 2.14. The molecule has 6 nitrogen and oxygen atoms in total. The van der Waals surface area contributed by atoms with Gasteiger partial charge in [-0.1, -0.05) is 24.8 Å². The predicted molar refractivity (Wildman–Crippen MR) is 104 cm³/mol. The van der Waals surface area contributed by atoms with Crippen molar-refractivity contribution in [2.75, 3.05) is 13.2 Å². The number of allylic oxidation sites excluding steroid dienone is 5. The molecule has 0 N–H and O–H groups in total. The van der Waals surface area contributed by atoms with Gasteiger partial charge in [0.15, 0.2) is 0 Å². The lowest BCUT2D eigenvalue weighted by molar-refractivity contribution is -0.140. The molecule has 0 aliphatic heterocycles. The van der Waals surface area contributed by atoms with Crippen molar-refractivity contribution in [2.45, 2.75) is 19.8 Å². The molecule has 1 aliphatic carbocycles. The second-order valence-electron chi connectivity index (χ2n) is 6.01. The summed E-state index contributed by atoms with van der Waals surface area (Å²) in [6.07, 6.45) is 11.1. The van der Waals surface area contributed by atoms with Gasteiger partial charge in [-0.2, -0.15) is 0 Å². The molecule has 6 heteroatoms. The van der Waals surface area contributed by atoms with E-state index in [0.717, 1.165) is 18.4 Å². The van der Waals surface area contributed by atoms with Gasteiger partial charge in [0.05, 0.1) is 5.56 Å². The summed E-state index contributed by atoms with van der Waals surface area (Å²) < 4.78 is 15.0. The Morgan fingerprint density at radius 3 is 2.43 bits per heavy atom. The van der Waals surface area contributed by atoms with E-state index in [1.165, 1.54) is 37.3 Å². The molecular weight excluding hydrogens is 360 g/mol. The second kappa shape index (κ2) is 10.7. The number of ether oxygens (including phenoxy) is 3. The molecule has 146 valence electrons. The third-order valence-corrected chi connectivity index (χ3v) is 3.64. The molecule has 28 heavy (non-hydrogen) atoms. The zero-order valence-corrected chi connectivity index (χ0v) is 15.7. The van der Waals surface area contributed by atoms with E-state index >= 15 is 0 Å². The third-order valence-electron chi connectivity index (χ3n) is 3.64. The number of carbonyl (C=O) groups excluding carboxylic acids is 3. The molecule has 0 saturated carbocycles. The first-order valence-corrected chi connectivity index (χ1v) is 8.82.